The number of halogens is 1. The van der Waals surface area contributed by atoms with Gasteiger partial charge < -0.3 is 25.2 Å². The van der Waals surface area contributed by atoms with Crippen LogP contribution in [0, 0.1) is 34.9 Å². The van der Waals surface area contributed by atoms with Crippen LogP contribution in [0.2, 0.25) is 0 Å². The third kappa shape index (κ3) is 5.85. The fraction of sp³-hybridized carbons (Fsp3) is 0.500. The topological polar surface area (TPSA) is 96.2 Å². The third-order valence-electron chi connectivity index (χ3n) is 10.1. The van der Waals surface area contributed by atoms with E-state index in [0.29, 0.717) is 24.4 Å². The van der Waals surface area contributed by atoms with Crippen molar-refractivity contribution in [3.8, 4) is 6.07 Å². The number of hydrazone groups is 1. The number of fused-ring (bicyclic) bond motifs is 1. The lowest BCUT2D eigenvalue weighted by Crippen LogP contribution is -2.57. The number of nitrogens with zero attached hydrogens (tertiary/aromatic N) is 5. The quantitative estimate of drug-likeness (QED) is 0.512. The summed E-state index contributed by atoms with van der Waals surface area (Å²) in [6.07, 6.45) is 3.85. The Morgan fingerprint density at radius 3 is 2.64 bits per heavy atom. The predicted octanol–water partition coefficient (Wildman–Crippen LogP) is 4.28. The van der Waals surface area contributed by atoms with Crippen molar-refractivity contribution in [2.75, 3.05) is 58.3 Å². The Balaban J connectivity index is 1.22. The van der Waals surface area contributed by atoms with Crippen LogP contribution < -0.4 is 15.5 Å². The molecule has 10 heteroatoms. The number of piperidine rings is 1. The zero-order chi connectivity index (χ0) is 30.8. The monoisotopic (exact) mass is 599 g/mol. The number of hydrogen-bond donors (Lipinski definition) is 2. The molecule has 4 aliphatic rings. The molecule has 0 radical (unpaired) electrons. The van der Waals surface area contributed by atoms with E-state index in [1.807, 2.05) is 49.3 Å². The van der Waals surface area contributed by atoms with Crippen molar-refractivity contribution in [1.82, 2.24) is 20.5 Å². The zero-order valence-electron chi connectivity index (χ0n) is 25.8. The van der Waals surface area contributed by atoms with Crippen molar-refractivity contribution in [2.24, 2.45) is 22.9 Å². The maximum atomic E-state index is 14.9. The molecule has 3 aliphatic heterocycles. The number of amides is 1. The third-order valence-corrected chi connectivity index (χ3v) is 10.1. The molecule has 6 rings (SSSR count). The Morgan fingerprint density at radius 1 is 1.20 bits per heavy atom. The van der Waals surface area contributed by atoms with Crippen molar-refractivity contribution in [2.45, 2.75) is 37.7 Å². The van der Waals surface area contributed by atoms with Crippen LogP contribution in [0.5, 0.6) is 0 Å². The largest absolute Gasteiger partial charge is 0.445 e. The van der Waals surface area contributed by atoms with Crippen LogP contribution in [0.15, 0.2) is 65.4 Å². The minimum absolute atomic E-state index is 0.156. The van der Waals surface area contributed by atoms with Gasteiger partial charge in [0.15, 0.2) is 0 Å². The summed E-state index contributed by atoms with van der Waals surface area (Å²) in [4.78, 5) is 17.5. The second kappa shape index (κ2) is 12.5. The van der Waals surface area contributed by atoms with Gasteiger partial charge in [0.1, 0.15) is 17.8 Å². The summed E-state index contributed by atoms with van der Waals surface area (Å²) in [7, 11) is 3.50. The number of ether oxygens (including phenoxy) is 1. The fourth-order valence-corrected chi connectivity index (χ4v) is 7.83. The summed E-state index contributed by atoms with van der Waals surface area (Å²) >= 11 is 0. The first-order valence-corrected chi connectivity index (χ1v) is 15.6. The van der Waals surface area contributed by atoms with Crippen molar-refractivity contribution in [3.63, 3.8) is 0 Å². The highest BCUT2D eigenvalue weighted by atomic mass is 19.1. The van der Waals surface area contributed by atoms with E-state index < -0.39 is 17.6 Å². The summed E-state index contributed by atoms with van der Waals surface area (Å²) in [5.41, 5.74) is 3.28. The van der Waals surface area contributed by atoms with Crippen LogP contribution in [-0.4, -0.2) is 81.3 Å². The molecule has 0 aromatic heterocycles. The highest BCUT2D eigenvalue weighted by molar-refractivity contribution is 5.79. The van der Waals surface area contributed by atoms with Gasteiger partial charge in [-0.15, -0.1) is 0 Å². The average molecular weight is 600 g/mol. The molecule has 3 heterocycles. The highest BCUT2D eigenvalue weighted by Gasteiger charge is 2.53. The molecule has 2 bridgehead atoms. The molecule has 0 saturated carbocycles. The molecule has 1 amide bonds. The van der Waals surface area contributed by atoms with Crippen LogP contribution in [0.3, 0.4) is 0 Å². The van der Waals surface area contributed by atoms with Gasteiger partial charge in [-0.1, -0.05) is 18.2 Å². The van der Waals surface area contributed by atoms with Crippen LogP contribution in [0.25, 0.3) is 0 Å². The standard InChI is InChI=1S/C34H42FN7O2/c1-23-38-22-34(27-5-4-6-28(35)15-27,31-16-30(40(3)39-23)17-32(31)44-33(43)37-2)26-11-13-41(14-12-26)19-25-20-42(21-25)29-9-7-24(18-36)8-10-29/h4-10,15-16,25-26,31-32H,11-14,17,19-22H2,1-3H3,(H,37,43)(H,38,39)/t31-,32-,34-/m0/s1. The molecule has 1 aliphatic carbocycles. The van der Waals surface area contributed by atoms with Crippen molar-refractivity contribution in [3.05, 3.63) is 77.2 Å². The summed E-state index contributed by atoms with van der Waals surface area (Å²) in [5.74, 6) is 1.23. The molecular formula is C34H42FN7O2. The molecule has 0 unspecified atom stereocenters. The maximum Gasteiger partial charge on any atom is 0.407 e. The van der Waals surface area contributed by atoms with Crippen LogP contribution in [-0.2, 0) is 10.2 Å². The predicted molar refractivity (Wildman–Crippen MR) is 168 cm³/mol. The average Bonchev–Trinajstić information content (AvgIpc) is 3.45. The fourth-order valence-electron chi connectivity index (χ4n) is 7.83. The Bertz CT molecular complexity index is 1460. The second-order valence-electron chi connectivity index (χ2n) is 12.7. The molecule has 2 aromatic rings. The Kier molecular flexibility index (Phi) is 8.50. The van der Waals surface area contributed by atoms with Gasteiger partial charge >= 0.3 is 6.09 Å². The van der Waals surface area contributed by atoms with Crippen molar-refractivity contribution < 1.29 is 13.9 Å². The molecule has 3 atom stereocenters. The van der Waals surface area contributed by atoms with Gasteiger partial charge in [0.05, 0.1) is 11.6 Å². The normalized spacial score (nSPS) is 27.4. The van der Waals surface area contributed by atoms with Crippen molar-refractivity contribution >= 4 is 17.6 Å². The van der Waals surface area contributed by atoms with E-state index in [1.165, 1.54) is 11.8 Å². The van der Waals surface area contributed by atoms with Crippen LogP contribution >= 0.6 is 0 Å². The minimum atomic E-state index is -0.514. The van der Waals surface area contributed by atoms with Gasteiger partial charge in [-0.25, -0.2) is 9.18 Å². The number of carbonyl (C=O) groups is 1. The molecular weight excluding hydrogens is 557 g/mol. The molecule has 232 valence electrons. The molecule has 0 spiro atoms. The zero-order valence-corrected chi connectivity index (χ0v) is 25.8. The second-order valence-corrected chi connectivity index (χ2v) is 12.7. The molecule has 2 aromatic carbocycles. The number of alkyl carbamates (subject to hydrolysis) is 1. The number of hydrogen-bond acceptors (Lipinski definition) is 8. The first-order chi connectivity index (χ1) is 21.3. The summed E-state index contributed by atoms with van der Waals surface area (Å²) in [6.45, 7) is 7.55. The van der Waals surface area contributed by atoms with E-state index in [-0.39, 0.29) is 17.7 Å². The maximum absolute atomic E-state index is 14.9. The number of rotatable bonds is 6. The van der Waals surface area contributed by atoms with E-state index >= 15 is 0 Å². The Labute approximate surface area is 259 Å². The lowest BCUT2D eigenvalue weighted by Gasteiger charge is -2.50. The van der Waals surface area contributed by atoms with E-state index in [2.05, 4.69) is 32.6 Å². The van der Waals surface area contributed by atoms with E-state index in [1.54, 1.807) is 19.2 Å². The number of anilines is 1. The van der Waals surface area contributed by atoms with E-state index in [0.717, 1.165) is 62.7 Å². The van der Waals surface area contributed by atoms with E-state index in [4.69, 9.17) is 15.1 Å². The Hall–Kier alpha value is -4.10. The molecule has 9 nitrogen and oxygen atoms in total. The SMILES string of the molecule is CNC(=O)O[C@H]1CC2=C[C@@H]1[C@](c1cccc(F)c1)(C1CCN(CC3CN(c4ccc(C#N)cc4)C3)CC1)CN/C(C)=N\N2C. The lowest BCUT2D eigenvalue weighted by molar-refractivity contribution is 0.0211. The lowest BCUT2D eigenvalue weighted by atomic mass is 9.58. The minimum Gasteiger partial charge on any atom is -0.445 e. The van der Waals surface area contributed by atoms with Gasteiger partial charge in [0, 0.05) is 75.3 Å². The van der Waals surface area contributed by atoms with Crippen LogP contribution in [0.1, 0.15) is 37.3 Å². The van der Waals surface area contributed by atoms with Gasteiger partial charge in [0.25, 0.3) is 0 Å². The first kappa shape index (κ1) is 29.9. The number of amidine groups is 1. The number of carbonyl (C=O) groups excluding carboxylic acids is 1. The van der Waals surface area contributed by atoms with Crippen LogP contribution in [0.4, 0.5) is 14.9 Å². The smallest absolute Gasteiger partial charge is 0.407 e. The van der Waals surface area contributed by atoms with Gasteiger partial charge in [0.2, 0.25) is 0 Å². The number of benzene rings is 2. The van der Waals surface area contributed by atoms with Gasteiger partial charge in [-0.2, -0.15) is 10.4 Å². The van der Waals surface area contributed by atoms with Gasteiger partial charge in [-0.05, 0) is 80.7 Å². The summed E-state index contributed by atoms with van der Waals surface area (Å²) < 4.78 is 20.9. The summed E-state index contributed by atoms with van der Waals surface area (Å²) in [5, 5.41) is 21.9. The molecule has 2 fully saturated rings. The van der Waals surface area contributed by atoms with E-state index in [9.17, 15) is 9.18 Å². The Morgan fingerprint density at radius 2 is 1.95 bits per heavy atom. The molecule has 2 saturated heterocycles. The first-order valence-electron chi connectivity index (χ1n) is 15.6. The summed E-state index contributed by atoms with van der Waals surface area (Å²) in [6, 6.07) is 17.0. The highest BCUT2D eigenvalue weighted by Crippen LogP contribution is 2.51. The molecule has 44 heavy (non-hydrogen) atoms. The van der Waals surface area contributed by atoms with Crippen molar-refractivity contribution in [1.29, 1.82) is 5.26 Å². The molecule has 2 N–H and O–H groups in total. The number of nitriles is 1. The van der Waals surface area contributed by atoms with Gasteiger partial charge in [-0.3, -0.25) is 5.01 Å². The number of nitrogens with one attached hydrogen (secondary N) is 2. The number of likely N-dealkylation sites (tertiary alicyclic amines) is 1.